The molecule has 1 aliphatic carbocycles. The Bertz CT molecular complexity index is 869. The molecule has 144 valence electrons. The summed E-state index contributed by atoms with van der Waals surface area (Å²) in [6, 6.07) is 1.61. The van der Waals surface area contributed by atoms with E-state index in [-0.39, 0.29) is 23.8 Å². The molecule has 0 aromatic carbocycles. The third kappa shape index (κ3) is 3.19. The molecule has 4 rings (SSSR count). The fourth-order valence-corrected chi connectivity index (χ4v) is 4.54. The van der Waals surface area contributed by atoms with Crippen LogP contribution in [0.2, 0.25) is 0 Å². The Balaban J connectivity index is 1.72. The quantitative estimate of drug-likeness (QED) is 0.897. The highest BCUT2D eigenvalue weighted by Crippen LogP contribution is 2.38. The number of pyridine rings is 1. The maximum Gasteiger partial charge on any atom is 0.259 e. The van der Waals surface area contributed by atoms with Crippen molar-refractivity contribution in [2.75, 3.05) is 13.6 Å². The van der Waals surface area contributed by atoms with Gasteiger partial charge in [-0.05, 0) is 38.7 Å². The van der Waals surface area contributed by atoms with E-state index < -0.39 is 0 Å². The zero-order valence-corrected chi connectivity index (χ0v) is 16.0. The lowest BCUT2D eigenvalue weighted by atomic mass is 9.88. The van der Waals surface area contributed by atoms with Crippen molar-refractivity contribution in [3.05, 3.63) is 23.0 Å². The monoisotopic (exact) mass is 370 g/mol. The standard InChI is InChI=1S/C20H26N4O3/c1-12-11-14(18(25)21-2)16-17(23-27-19(16)22-12)15-9-6-10-24(15)20(26)13-7-4-3-5-8-13/h11,13,15H,3-10H2,1-2H3,(H,21,25). The number of rotatable bonds is 3. The second-order valence-corrected chi connectivity index (χ2v) is 7.66. The third-order valence-corrected chi connectivity index (χ3v) is 5.88. The molecule has 3 heterocycles. The number of hydrogen-bond donors (Lipinski definition) is 1. The van der Waals surface area contributed by atoms with Gasteiger partial charge in [-0.25, -0.2) is 4.98 Å². The summed E-state index contributed by atoms with van der Waals surface area (Å²) in [7, 11) is 1.60. The first-order valence-electron chi connectivity index (χ1n) is 9.89. The number of hydrogen-bond acceptors (Lipinski definition) is 5. The lowest BCUT2D eigenvalue weighted by Gasteiger charge is -2.30. The molecule has 1 saturated heterocycles. The Kier molecular flexibility index (Phi) is 4.85. The Morgan fingerprint density at radius 3 is 2.70 bits per heavy atom. The topological polar surface area (TPSA) is 88.3 Å². The number of fused-ring (bicyclic) bond motifs is 1. The van der Waals surface area contributed by atoms with Crippen LogP contribution in [0.4, 0.5) is 0 Å². The smallest absolute Gasteiger partial charge is 0.259 e. The summed E-state index contributed by atoms with van der Waals surface area (Å²) in [5.74, 6) is 0.157. The normalized spacial score (nSPS) is 21.0. The van der Waals surface area contributed by atoms with E-state index in [9.17, 15) is 9.59 Å². The van der Waals surface area contributed by atoms with Gasteiger partial charge < -0.3 is 14.7 Å². The van der Waals surface area contributed by atoms with Crippen molar-refractivity contribution in [2.45, 2.75) is 57.9 Å². The number of likely N-dealkylation sites (tertiary alicyclic amines) is 1. The number of aryl methyl sites for hydroxylation is 1. The molecule has 2 amide bonds. The predicted octanol–water partition coefficient (Wildman–Crippen LogP) is 3.13. The lowest BCUT2D eigenvalue weighted by Crippen LogP contribution is -2.36. The second-order valence-electron chi connectivity index (χ2n) is 7.66. The first kappa shape index (κ1) is 17.9. The van der Waals surface area contributed by atoms with Gasteiger partial charge in [0.1, 0.15) is 5.69 Å². The third-order valence-electron chi connectivity index (χ3n) is 5.88. The summed E-state index contributed by atoms with van der Waals surface area (Å²) in [5, 5.41) is 7.57. The minimum atomic E-state index is -0.196. The minimum Gasteiger partial charge on any atom is -0.355 e. The van der Waals surface area contributed by atoms with E-state index >= 15 is 0 Å². The zero-order chi connectivity index (χ0) is 19.0. The van der Waals surface area contributed by atoms with Crippen LogP contribution in [0.25, 0.3) is 11.1 Å². The summed E-state index contributed by atoms with van der Waals surface area (Å²) in [5.41, 5.74) is 2.23. The number of carbonyl (C=O) groups excluding carboxylic acids is 2. The largest absolute Gasteiger partial charge is 0.355 e. The van der Waals surface area contributed by atoms with Gasteiger partial charge in [-0.3, -0.25) is 9.59 Å². The summed E-state index contributed by atoms with van der Waals surface area (Å²) >= 11 is 0. The Morgan fingerprint density at radius 1 is 1.19 bits per heavy atom. The van der Waals surface area contributed by atoms with E-state index in [0.717, 1.165) is 45.1 Å². The fraction of sp³-hybridized carbons (Fsp3) is 0.600. The van der Waals surface area contributed by atoms with Gasteiger partial charge in [-0.2, -0.15) is 0 Å². The maximum absolute atomic E-state index is 13.1. The van der Waals surface area contributed by atoms with Crippen molar-refractivity contribution in [2.24, 2.45) is 5.92 Å². The van der Waals surface area contributed by atoms with Crippen molar-refractivity contribution < 1.29 is 14.1 Å². The van der Waals surface area contributed by atoms with Crippen LogP contribution in [0.1, 0.15) is 72.7 Å². The van der Waals surface area contributed by atoms with Crippen LogP contribution >= 0.6 is 0 Å². The molecule has 2 fully saturated rings. The van der Waals surface area contributed by atoms with Crippen molar-refractivity contribution in [3.63, 3.8) is 0 Å². The summed E-state index contributed by atoms with van der Waals surface area (Å²) in [6.07, 6.45) is 7.21. The highest BCUT2D eigenvalue weighted by atomic mass is 16.5. The van der Waals surface area contributed by atoms with Crippen LogP contribution in [-0.2, 0) is 4.79 Å². The van der Waals surface area contributed by atoms with Gasteiger partial charge in [0, 0.05) is 25.2 Å². The molecule has 0 radical (unpaired) electrons. The zero-order valence-electron chi connectivity index (χ0n) is 16.0. The molecule has 1 N–H and O–H groups in total. The average molecular weight is 370 g/mol. The number of carbonyl (C=O) groups is 2. The van der Waals surface area contributed by atoms with Crippen LogP contribution in [0, 0.1) is 12.8 Å². The number of nitrogens with one attached hydrogen (secondary N) is 1. The molecule has 2 aromatic heterocycles. The first-order chi connectivity index (χ1) is 13.1. The molecule has 1 unspecified atom stereocenters. The van der Waals surface area contributed by atoms with E-state index in [2.05, 4.69) is 15.5 Å². The van der Waals surface area contributed by atoms with Gasteiger partial charge in [-0.15, -0.1) is 0 Å². The average Bonchev–Trinajstić information content (AvgIpc) is 3.33. The lowest BCUT2D eigenvalue weighted by molar-refractivity contribution is -0.137. The van der Waals surface area contributed by atoms with Crippen molar-refractivity contribution in [1.82, 2.24) is 20.4 Å². The summed E-state index contributed by atoms with van der Waals surface area (Å²) in [4.78, 5) is 31.9. The van der Waals surface area contributed by atoms with E-state index in [4.69, 9.17) is 4.52 Å². The summed E-state index contributed by atoms with van der Waals surface area (Å²) in [6.45, 7) is 2.56. The first-order valence-corrected chi connectivity index (χ1v) is 9.89. The molecular formula is C20H26N4O3. The molecule has 0 bridgehead atoms. The Hall–Kier alpha value is -2.44. The van der Waals surface area contributed by atoms with E-state index in [1.807, 2.05) is 11.8 Å². The van der Waals surface area contributed by atoms with E-state index in [0.29, 0.717) is 28.1 Å². The van der Waals surface area contributed by atoms with Crippen LogP contribution in [-0.4, -0.2) is 40.4 Å². The predicted molar refractivity (Wildman–Crippen MR) is 100 cm³/mol. The molecule has 1 atom stereocenters. The summed E-state index contributed by atoms with van der Waals surface area (Å²) < 4.78 is 5.47. The fourth-order valence-electron chi connectivity index (χ4n) is 4.54. The number of nitrogens with zero attached hydrogens (tertiary/aromatic N) is 3. The van der Waals surface area contributed by atoms with Gasteiger partial charge in [0.05, 0.1) is 17.0 Å². The minimum absolute atomic E-state index is 0.122. The van der Waals surface area contributed by atoms with Gasteiger partial charge in [-0.1, -0.05) is 24.4 Å². The molecule has 7 nitrogen and oxygen atoms in total. The van der Waals surface area contributed by atoms with Crippen LogP contribution in [0.3, 0.4) is 0 Å². The van der Waals surface area contributed by atoms with Gasteiger partial charge in [0.2, 0.25) is 5.91 Å². The SMILES string of the molecule is CNC(=O)c1cc(C)nc2onc(C3CCCN3C(=O)C3CCCCC3)c12. The molecule has 7 heteroatoms. The molecule has 1 aliphatic heterocycles. The molecular weight excluding hydrogens is 344 g/mol. The second kappa shape index (κ2) is 7.29. The maximum atomic E-state index is 13.1. The number of aromatic nitrogens is 2. The van der Waals surface area contributed by atoms with E-state index in [1.165, 1.54) is 6.42 Å². The molecule has 1 saturated carbocycles. The Morgan fingerprint density at radius 2 is 1.96 bits per heavy atom. The van der Waals surface area contributed by atoms with Gasteiger partial charge in [0.15, 0.2) is 0 Å². The van der Waals surface area contributed by atoms with E-state index in [1.54, 1.807) is 13.1 Å². The highest BCUT2D eigenvalue weighted by molar-refractivity contribution is 6.06. The molecule has 27 heavy (non-hydrogen) atoms. The highest BCUT2D eigenvalue weighted by Gasteiger charge is 2.37. The van der Waals surface area contributed by atoms with Crippen molar-refractivity contribution in [1.29, 1.82) is 0 Å². The molecule has 2 aliphatic rings. The van der Waals surface area contributed by atoms with Gasteiger partial charge >= 0.3 is 0 Å². The molecule has 0 spiro atoms. The van der Waals surface area contributed by atoms with Crippen molar-refractivity contribution >= 4 is 22.9 Å². The van der Waals surface area contributed by atoms with Crippen LogP contribution in [0.15, 0.2) is 10.6 Å². The van der Waals surface area contributed by atoms with Crippen LogP contribution < -0.4 is 5.32 Å². The van der Waals surface area contributed by atoms with Crippen molar-refractivity contribution in [3.8, 4) is 0 Å². The van der Waals surface area contributed by atoms with Gasteiger partial charge in [0.25, 0.3) is 11.6 Å². The Labute approximate surface area is 158 Å². The number of amides is 2. The molecule has 2 aromatic rings. The van der Waals surface area contributed by atoms with Crippen LogP contribution in [0.5, 0.6) is 0 Å².